The summed E-state index contributed by atoms with van der Waals surface area (Å²) < 4.78 is 65.7. The second-order valence-electron chi connectivity index (χ2n) is 5.40. The fourth-order valence-corrected chi connectivity index (χ4v) is 5.70. The van der Waals surface area contributed by atoms with E-state index in [2.05, 4.69) is 18.1 Å². The monoisotopic (exact) mass is 518 g/mol. The van der Waals surface area contributed by atoms with Gasteiger partial charge in [-0.2, -0.15) is 8.62 Å². The summed E-state index contributed by atoms with van der Waals surface area (Å²) in [6.45, 7) is -1.06. The minimum absolute atomic E-state index is 0.0118. The predicted molar refractivity (Wildman–Crippen MR) is 95.1 cm³/mol. The molecule has 0 saturated carbocycles. The number of aromatic nitrogens is 2. The summed E-state index contributed by atoms with van der Waals surface area (Å²) in [6, 6.07) is 1.38. The normalized spacial score (nSPS) is 29.3. The van der Waals surface area contributed by atoms with Crippen LogP contribution in [-0.2, 0) is 31.6 Å². The molecule has 1 aromatic rings. The fourth-order valence-electron chi connectivity index (χ4n) is 2.17. The second-order valence-corrected chi connectivity index (χ2v) is 10.7. The lowest BCUT2D eigenvalue weighted by atomic mass is 10.1. The van der Waals surface area contributed by atoms with Crippen LogP contribution < -0.4 is 0 Å². The minimum atomic E-state index is -5.71. The number of ether oxygens (including phenoxy) is 1. The van der Waals surface area contributed by atoms with Crippen molar-refractivity contribution >= 4 is 47.9 Å². The third kappa shape index (κ3) is 7.16. The molecule has 6 atom stereocenters. The molecule has 1 aliphatic heterocycles. The van der Waals surface area contributed by atoms with Crippen molar-refractivity contribution in [3.05, 3.63) is 21.7 Å². The van der Waals surface area contributed by atoms with Crippen LogP contribution in [0.1, 0.15) is 6.23 Å². The molecule has 0 bridgehead atoms. The minimum Gasteiger partial charge on any atom is -0.385 e. The molecular formula is C9H14FN2O12P3S2. The van der Waals surface area contributed by atoms with Crippen molar-refractivity contribution in [2.45, 2.75) is 24.6 Å². The number of phosphoric acid groups is 3. The van der Waals surface area contributed by atoms with E-state index in [4.69, 9.17) is 43.9 Å². The zero-order chi connectivity index (χ0) is 22.2. The van der Waals surface area contributed by atoms with Crippen LogP contribution in [0.15, 0.2) is 12.3 Å². The zero-order valence-electron chi connectivity index (χ0n) is 13.7. The smallest absolute Gasteiger partial charge is 0.385 e. The van der Waals surface area contributed by atoms with Crippen LogP contribution in [0.5, 0.6) is 0 Å². The van der Waals surface area contributed by atoms with E-state index in [9.17, 15) is 28.1 Å². The molecule has 1 fully saturated rings. The summed E-state index contributed by atoms with van der Waals surface area (Å²) in [5.41, 5.74) is 0. The van der Waals surface area contributed by atoms with E-state index in [-0.39, 0.29) is 9.41 Å². The first kappa shape index (κ1) is 25.0. The van der Waals surface area contributed by atoms with Crippen molar-refractivity contribution in [2.24, 2.45) is 0 Å². The molecule has 6 unspecified atom stereocenters. The Bertz CT molecular complexity index is 1010. The van der Waals surface area contributed by atoms with Gasteiger partial charge in [0.25, 0.3) is 0 Å². The van der Waals surface area contributed by atoms with E-state index in [1.807, 2.05) is 0 Å². The first-order chi connectivity index (χ1) is 13.1. The van der Waals surface area contributed by atoms with Crippen LogP contribution >= 0.6 is 47.9 Å². The standard InChI is InChI=1S/C9H14FN2O12P3S2/c10-6-4(3-21-26(17,18)24-27(19,20)23-25(14,15)16)22-8(7(6)13)12-2-1-5(28)11-9(12)29/h1-2,4,6-8,13H,3H2,(H,17,18)(H,19,20)(H,11,28,29)(H2,14,15,16). The average Bonchev–Trinajstić information content (AvgIpc) is 2.78. The highest BCUT2D eigenvalue weighted by molar-refractivity contribution is 7.72. The van der Waals surface area contributed by atoms with Crippen molar-refractivity contribution in [3.63, 3.8) is 0 Å². The number of halogens is 1. The maximum absolute atomic E-state index is 14.3. The van der Waals surface area contributed by atoms with Gasteiger partial charge in [-0.15, -0.1) is 0 Å². The van der Waals surface area contributed by atoms with E-state index in [1.165, 1.54) is 12.3 Å². The van der Waals surface area contributed by atoms with Crippen molar-refractivity contribution in [3.8, 4) is 0 Å². The van der Waals surface area contributed by atoms with E-state index < -0.39 is 54.7 Å². The average molecular weight is 518 g/mol. The summed E-state index contributed by atoms with van der Waals surface area (Å²) in [7, 11) is -16.7. The SMILES string of the molecule is O=P(O)(O)OP(=O)(O)OP(=O)(O)OCC1OC(n2ccc(=S)[nH]c2=S)C(O)C1F. The molecule has 0 radical (unpaired) electrons. The Hall–Kier alpha value is -0.220. The molecule has 6 N–H and O–H groups in total. The van der Waals surface area contributed by atoms with Gasteiger partial charge in [0.1, 0.15) is 16.8 Å². The van der Waals surface area contributed by atoms with Crippen LogP contribution in [-0.4, -0.2) is 59.2 Å². The van der Waals surface area contributed by atoms with Crippen LogP contribution in [0.4, 0.5) is 4.39 Å². The zero-order valence-corrected chi connectivity index (χ0v) is 18.1. The van der Waals surface area contributed by atoms with Crippen molar-refractivity contribution < 1.29 is 60.6 Å². The third-order valence-electron chi connectivity index (χ3n) is 3.23. The maximum atomic E-state index is 14.3. The number of H-pyrrole nitrogens is 1. The molecular weight excluding hydrogens is 504 g/mol. The van der Waals surface area contributed by atoms with Crippen molar-refractivity contribution in [1.29, 1.82) is 0 Å². The van der Waals surface area contributed by atoms with Crippen LogP contribution in [0.2, 0.25) is 0 Å². The molecule has 2 heterocycles. The van der Waals surface area contributed by atoms with Crippen molar-refractivity contribution in [2.75, 3.05) is 6.61 Å². The van der Waals surface area contributed by atoms with Gasteiger partial charge in [0.05, 0.1) is 6.61 Å². The molecule has 1 aliphatic rings. The molecule has 0 amide bonds. The summed E-state index contributed by atoms with van der Waals surface area (Å²) >= 11 is 9.85. The Morgan fingerprint density at radius 3 is 2.34 bits per heavy atom. The van der Waals surface area contributed by atoms with Gasteiger partial charge in [0.15, 0.2) is 17.2 Å². The number of hydrogen-bond donors (Lipinski definition) is 6. The number of rotatable bonds is 8. The predicted octanol–water partition coefficient (Wildman–Crippen LogP) is 1.21. The van der Waals surface area contributed by atoms with Crippen LogP contribution in [0.3, 0.4) is 0 Å². The van der Waals surface area contributed by atoms with Gasteiger partial charge >= 0.3 is 23.5 Å². The molecule has 20 heteroatoms. The highest BCUT2D eigenvalue weighted by Gasteiger charge is 2.47. The molecule has 1 saturated heterocycles. The van der Waals surface area contributed by atoms with Crippen LogP contribution in [0.25, 0.3) is 0 Å². The van der Waals surface area contributed by atoms with Gasteiger partial charge in [-0.05, 0) is 18.3 Å². The Morgan fingerprint density at radius 2 is 1.79 bits per heavy atom. The first-order valence-electron chi connectivity index (χ1n) is 7.18. The molecule has 166 valence electrons. The molecule has 1 aromatic heterocycles. The lowest BCUT2D eigenvalue weighted by molar-refractivity contribution is -0.0521. The molecule has 0 aliphatic carbocycles. The maximum Gasteiger partial charge on any atom is 0.490 e. The van der Waals surface area contributed by atoms with E-state index >= 15 is 0 Å². The number of hydrogen-bond acceptors (Lipinski definition) is 10. The van der Waals surface area contributed by atoms with E-state index in [1.54, 1.807) is 0 Å². The highest BCUT2D eigenvalue weighted by atomic mass is 32.1. The number of aliphatic hydroxyl groups excluding tert-OH is 1. The summed E-state index contributed by atoms with van der Waals surface area (Å²) in [5, 5.41) is 10.0. The number of aromatic amines is 1. The van der Waals surface area contributed by atoms with E-state index in [0.717, 1.165) is 4.57 Å². The van der Waals surface area contributed by atoms with Gasteiger partial charge in [0.2, 0.25) is 0 Å². The number of nitrogens with one attached hydrogen (secondary N) is 1. The third-order valence-corrected chi connectivity index (χ3v) is 7.58. The molecule has 14 nitrogen and oxygen atoms in total. The summed E-state index contributed by atoms with van der Waals surface area (Å²) in [5.74, 6) is 0. The van der Waals surface area contributed by atoms with Gasteiger partial charge in [-0.25, -0.2) is 18.1 Å². The Balaban J connectivity index is 2.06. The second kappa shape index (κ2) is 9.10. The number of alkyl halides is 1. The van der Waals surface area contributed by atoms with Gasteiger partial charge in [0, 0.05) is 6.20 Å². The Morgan fingerprint density at radius 1 is 1.17 bits per heavy atom. The first-order valence-corrected chi connectivity index (χ1v) is 12.5. The fraction of sp³-hybridized carbons (Fsp3) is 0.556. The van der Waals surface area contributed by atoms with Gasteiger partial charge in [-0.1, -0.05) is 12.2 Å². The highest BCUT2D eigenvalue weighted by Crippen LogP contribution is 2.66. The Labute approximate surface area is 171 Å². The molecule has 0 aromatic carbocycles. The summed E-state index contributed by atoms with van der Waals surface area (Å²) in [6.07, 6.45) is -5.62. The Kier molecular flexibility index (Phi) is 7.86. The number of phosphoric ester groups is 1. The summed E-state index contributed by atoms with van der Waals surface area (Å²) in [4.78, 5) is 37.9. The van der Waals surface area contributed by atoms with Gasteiger partial charge in [-0.3, -0.25) is 9.09 Å². The number of aliphatic hydroxyl groups is 1. The largest absolute Gasteiger partial charge is 0.490 e. The molecule has 29 heavy (non-hydrogen) atoms. The van der Waals surface area contributed by atoms with E-state index in [0.29, 0.717) is 0 Å². The molecule has 2 rings (SSSR count). The van der Waals surface area contributed by atoms with Crippen molar-refractivity contribution in [1.82, 2.24) is 9.55 Å². The van der Waals surface area contributed by atoms with Crippen LogP contribution in [0, 0.1) is 9.41 Å². The number of nitrogens with zero attached hydrogens (tertiary/aromatic N) is 1. The lowest BCUT2D eigenvalue weighted by Gasteiger charge is -2.19. The topological polar surface area (TPSA) is 210 Å². The lowest BCUT2D eigenvalue weighted by Crippen LogP contribution is -2.30. The quantitative estimate of drug-likeness (QED) is 0.211. The van der Waals surface area contributed by atoms with Gasteiger partial charge < -0.3 is 34.4 Å². The molecule has 0 spiro atoms.